The van der Waals surface area contributed by atoms with E-state index in [0.717, 1.165) is 25.9 Å². The van der Waals surface area contributed by atoms with Crippen molar-refractivity contribution in [3.8, 4) is 0 Å². The van der Waals surface area contributed by atoms with Crippen molar-refractivity contribution in [1.29, 1.82) is 0 Å². The lowest BCUT2D eigenvalue weighted by Gasteiger charge is -2.41. The van der Waals surface area contributed by atoms with Gasteiger partial charge in [0.25, 0.3) is 0 Å². The fraction of sp³-hybridized carbons (Fsp3) is 1.00. The lowest BCUT2D eigenvalue weighted by molar-refractivity contribution is 0.137. The predicted molar refractivity (Wildman–Crippen MR) is 57.1 cm³/mol. The van der Waals surface area contributed by atoms with Crippen LogP contribution in [0, 0.1) is 0 Å². The Morgan fingerprint density at radius 3 is 1.86 bits per heavy atom. The van der Waals surface area contributed by atoms with Gasteiger partial charge in [0.05, 0.1) is 10.5 Å². The summed E-state index contributed by atoms with van der Waals surface area (Å²) >= 11 is 0. The van der Waals surface area contributed by atoms with E-state index in [4.69, 9.17) is 0 Å². The fourth-order valence-corrected chi connectivity index (χ4v) is 4.73. The van der Waals surface area contributed by atoms with E-state index in [9.17, 15) is 8.42 Å². The summed E-state index contributed by atoms with van der Waals surface area (Å²) in [6.45, 7) is 7.95. The summed E-state index contributed by atoms with van der Waals surface area (Å²) in [7, 11) is -2.76. The molecule has 82 valence electrons. The van der Waals surface area contributed by atoms with Crippen molar-refractivity contribution >= 4 is 9.84 Å². The molecule has 0 aromatic rings. The molecule has 0 radical (unpaired) electrons. The molecule has 14 heavy (non-hydrogen) atoms. The second-order valence-corrected chi connectivity index (χ2v) is 8.00. The Labute approximate surface area is 86.4 Å². The summed E-state index contributed by atoms with van der Waals surface area (Å²) in [6, 6.07) is 0. The van der Waals surface area contributed by atoms with Crippen LogP contribution in [-0.4, -0.2) is 42.4 Å². The van der Waals surface area contributed by atoms with Crippen LogP contribution in [0.5, 0.6) is 0 Å². The van der Waals surface area contributed by atoms with Gasteiger partial charge in [-0.1, -0.05) is 0 Å². The maximum Gasteiger partial charge on any atom is 0.158 e. The molecule has 2 aliphatic rings. The van der Waals surface area contributed by atoms with Gasteiger partial charge in [0, 0.05) is 18.6 Å². The number of sulfone groups is 1. The zero-order valence-electron chi connectivity index (χ0n) is 9.16. The summed E-state index contributed by atoms with van der Waals surface area (Å²) in [6.07, 6.45) is 1.75. The van der Waals surface area contributed by atoms with Crippen LogP contribution in [0.4, 0.5) is 0 Å². The van der Waals surface area contributed by atoms with E-state index in [1.807, 2.05) is 0 Å². The smallest absolute Gasteiger partial charge is 0.158 e. The van der Waals surface area contributed by atoms with E-state index >= 15 is 0 Å². The number of likely N-dealkylation sites (tertiary alicyclic amines) is 1. The molecular formula is C10H19NO2S. The average molecular weight is 217 g/mol. The molecule has 2 fully saturated rings. The van der Waals surface area contributed by atoms with Crippen LogP contribution in [0.15, 0.2) is 0 Å². The molecular weight excluding hydrogens is 198 g/mol. The Hall–Kier alpha value is -0.0900. The van der Waals surface area contributed by atoms with Crippen LogP contribution in [0.2, 0.25) is 0 Å². The van der Waals surface area contributed by atoms with Crippen LogP contribution in [0.25, 0.3) is 0 Å². The number of nitrogens with zero attached hydrogens (tertiary/aromatic N) is 1. The van der Waals surface area contributed by atoms with Gasteiger partial charge >= 0.3 is 0 Å². The topological polar surface area (TPSA) is 37.4 Å². The van der Waals surface area contributed by atoms with Crippen molar-refractivity contribution < 1.29 is 8.42 Å². The van der Waals surface area contributed by atoms with Gasteiger partial charge in [-0.2, -0.15) is 0 Å². The molecule has 0 N–H and O–H groups in total. The van der Waals surface area contributed by atoms with Gasteiger partial charge in [0.1, 0.15) is 0 Å². The van der Waals surface area contributed by atoms with Gasteiger partial charge in [-0.05, 0) is 33.6 Å². The molecule has 0 aromatic carbocycles. The first-order chi connectivity index (χ1) is 6.32. The van der Waals surface area contributed by atoms with Gasteiger partial charge in [0.15, 0.2) is 9.84 Å². The van der Waals surface area contributed by atoms with E-state index in [-0.39, 0.29) is 16.0 Å². The highest BCUT2D eigenvalue weighted by atomic mass is 32.2. The Bertz CT molecular complexity index is 309. The monoisotopic (exact) mass is 217 g/mol. The Morgan fingerprint density at radius 2 is 1.50 bits per heavy atom. The van der Waals surface area contributed by atoms with Gasteiger partial charge in [-0.25, -0.2) is 8.42 Å². The zero-order valence-corrected chi connectivity index (χ0v) is 9.97. The van der Waals surface area contributed by atoms with Crippen molar-refractivity contribution in [1.82, 2.24) is 4.90 Å². The zero-order chi connectivity index (χ0) is 10.6. The molecule has 2 bridgehead atoms. The molecule has 2 aliphatic heterocycles. The number of rotatable bonds is 0. The maximum atomic E-state index is 11.8. The number of hydrogen-bond donors (Lipinski definition) is 0. The minimum atomic E-state index is -2.76. The molecule has 2 unspecified atom stereocenters. The summed E-state index contributed by atoms with van der Waals surface area (Å²) < 4.78 is 23.6. The van der Waals surface area contributed by atoms with E-state index in [1.54, 1.807) is 0 Å². The van der Waals surface area contributed by atoms with Crippen LogP contribution >= 0.6 is 0 Å². The van der Waals surface area contributed by atoms with Crippen LogP contribution in [-0.2, 0) is 9.84 Å². The summed E-state index contributed by atoms with van der Waals surface area (Å²) in [5.74, 6) is 0. The first-order valence-corrected chi connectivity index (χ1v) is 6.90. The van der Waals surface area contributed by atoms with E-state index in [1.165, 1.54) is 0 Å². The fourth-order valence-electron chi connectivity index (χ4n) is 2.48. The molecule has 0 amide bonds. The second-order valence-electron chi connectivity index (χ2n) is 5.49. The molecule has 0 aromatic heterocycles. The minimum absolute atomic E-state index is 0.0829. The van der Waals surface area contributed by atoms with Crippen molar-refractivity contribution in [2.24, 2.45) is 0 Å². The summed E-state index contributed by atoms with van der Waals surface area (Å²) in [5.41, 5.74) is 0.108. The highest BCUT2D eigenvalue weighted by molar-refractivity contribution is 7.93. The summed E-state index contributed by atoms with van der Waals surface area (Å²) in [4.78, 5) is 2.32. The minimum Gasteiger partial charge on any atom is -0.296 e. The number of hydrogen-bond acceptors (Lipinski definition) is 3. The Balaban J connectivity index is 2.22. The molecule has 0 saturated carbocycles. The van der Waals surface area contributed by atoms with Crippen LogP contribution < -0.4 is 0 Å². The SMILES string of the molecule is CC(C)(C)N1CC2CCC(C1)S2(=O)=O. The quantitative estimate of drug-likeness (QED) is 0.608. The van der Waals surface area contributed by atoms with Gasteiger partial charge in [-0.3, -0.25) is 4.90 Å². The first-order valence-electron chi connectivity index (χ1n) is 5.29. The molecule has 0 aliphatic carbocycles. The van der Waals surface area contributed by atoms with Gasteiger partial charge < -0.3 is 0 Å². The molecule has 2 atom stereocenters. The van der Waals surface area contributed by atoms with Crippen molar-refractivity contribution in [3.05, 3.63) is 0 Å². The predicted octanol–water partition coefficient (Wildman–Crippen LogP) is 1.05. The lowest BCUT2D eigenvalue weighted by Crippen LogP contribution is -2.54. The third-order valence-electron chi connectivity index (χ3n) is 3.54. The van der Waals surface area contributed by atoms with Gasteiger partial charge in [0.2, 0.25) is 0 Å². The molecule has 2 saturated heterocycles. The van der Waals surface area contributed by atoms with Crippen LogP contribution in [0.1, 0.15) is 33.6 Å². The largest absolute Gasteiger partial charge is 0.296 e. The third-order valence-corrected chi connectivity index (χ3v) is 6.16. The van der Waals surface area contributed by atoms with Crippen LogP contribution in [0.3, 0.4) is 0 Å². The maximum absolute atomic E-state index is 11.8. The van der Waals surface area contributed by atoms with E-state index in [0.29, 0.717) is 0 Å². The molecule has 0 spiro atoms. The second kappa shape index (κ2) is 2.95. The van der Waals surface area contributed by atoms with E-state index in [2.05, 4.69) is 25.7 Å². The van der Waals surface area contributed by atoms with Crippen molar-refractivity contribution in [2.75, 3.05) is 13.1 Å². The Morgan fingerprint density at radius 1 is 1.07 bits per heavy atom. The first kappa shape index (κ1) is 10.4. The highest BCUT2D eigenvalue weighted by Gasteiger charge is 2.48. The van der Waals surface area contributed by atoms with Crippen molar-refractivity contribution in [2.45, 2.75) is 49.7 Å². The average Bonchev–Trinajstić information content (AvgIpc) is 2.25. The molecule has 2 rings (SSSR count). The summed E-state index contributed by atoms with van der Waals surface area (Å²) in [5, 5.41) is -0.166. The molecule has 3 nitrogen and oxygen atoms in total. The number of fused-ring (bicyclic) bond motifs is 2. The van der Waals surface area contributed by atoms with Gasteiger partial charge in [-0.15, -0.1) is 0 Å². The Kier molecular flexibility index (Phi) is 2.20. The molecule has 4 heteroatoms. The van der Waals surface area contributed by atoms with E-state index < -0.39 is 9.84 Å². The third kappa shape index (κ3) is 1.48. The normalized spacial score (nSPS) is 37.4. The lowest BCUT2D eigenvalue weighted by atomic mass is 10.1. The highest BCUT2D eigenvalue weighted by Crippen LogP contribution is 2.35. The standard InChI is InChI=1S/C10H19NO2S/c1-10(2,3)11-6-8-4-5-9(7-11)14(8,12)13/h8-9H,4-7H2,1-3H3. The van der Waals surface area contributed by atoms with Crippen molar-refractivity contribution in [3.63, 3.8) is 0 Å². The molecule has 2 heterocycles.